The van der Waals surface area contributed by atoms with Gasteiger partial charge < -0.3 is 4.90 Å². The van der Waals surface area contributed by atoms with Crippen LogP contribution in [-0.2, 0) is 16.1 Å². The molecule has 3 aliphatic heterocycles. The number of carbonyl (C=O) groups excluding carboxylic acids is 3. The van der Waals surface area contributed by atoms with Gasteiger partial charge in [0.1, 0.15) is 11.6 Å². The average molecular weight is 470 g/mol. The number of likely N-dealkylation sites (tertiary alicyclic amines) is 1. The van der Waals surface area contributed by atoms with E-state index >= 15 is 0 Å². The molecule has 3 heterocycles. The molecule has 1 N–H and O–H groups in total. The lowest BCUT2D eigenvalue weighted by Gasteiger charge is -2.49. The van der Waals surface area contributed by atoms with Gasteiger partial charge in [0.2, 0.25) is 11.8 Å². The number of rotatable bonds is 4. The van der Waals surface area contributed by atoms with Gasteiger partial charge in [-0.25, -0.2) is 0 Å². The minimum Gasteiger partial charge on any atom is -0.322 e. The van der Waals surface area contributed by atoms with Crippen molar-refractivity contribution >= 4 is 17.7 Å². The van der Waals surface area contributed by atoms with Crippen molar-refractivity contribution < 1.29 is 23.2 Å². The van der Waals surface area contributed by atoms with Crippen molar-refractivity contribution in [1.29, 1.82) is 0 Å². The summed E-state index contributed by atoms with van der Waals surface area (Å²) in [5.74, 6) is -3.58. The first kappa shape index (κ1) is 22.9. The van der Waals surface area contributed by atoms with Gasteiger partial charge in [-0.15, -0.1) is 0 Å². The maximum absolute atomic E-state index is 14.9. The van der Waals surface area contributed by atoms with Gasteiger partial charge in [0.25, 0.3) is 11.8 Å². The van der Waals surface area contributed by atoms with Crippen molar-refractivity contribution in [3.05, 3.63) is 59.2 Å². The molecule has 2 fully saturated rings. The number of hydrogen-bond acceptors (Lipinski definition) is 4. The summed E-state index contributed by atoms with van der Waals surface area (Å²) in [6.07, 6.45) is 8.23. The Bertz CT molecular complexity index is 1090. The molecule has 34 heavy (non-hydrogen) atoms. The van der Waals surface area contributed by atoms with Crippen LogP contribution in [-0.4, -0.2) is 58.1 Å². The lowest BCUT2D eigenvalue weighted by atomic mass is 9.79. The fourth-order valence-electron chi connectivity index (χ4n) is 6.00. The van der Waals surface area contributed by atoms with E-state index in [0.717, 1.165) is 30.0 Å². The number of hydrogen-bond donors (Lipinski definition) is 1. The molecule has 1 aliphatic carbocycles. The Morgan fingerprint density at radius 3 is 2.47 bits per heavy atom. The maximum Gasteiger partial charge on any atom is 0.288 e. The number of fused-ring (bicyclic) bond motifs is 1. The molecule has 6 nitrogen and oxygen atoms in total. The molecule has 180 valence electrons. The Balaban J connectivity index is 1.29. The van der Waals surface area contributed by atoms with Crippen molar-refractivity contribution in [2.24, 2.45) is 0 Å². The summed E-state index contributed by atoms with van der Waals surface area (Å²) < 4.78 is 29.8. The topological polar surface area (TPSA) is 69.7 Å². The number of alkyl halides is 2. The number of piperidine rings is 2. The Kier molecular flexibility index (Phi) is 5.67. The largest absolute Gasteiger partial charge is 0.322 e. The van der Waals surface area contributed by atoms with E-state index in [-0.39, 0.29) is 24.2 Å². The smallest absolute Gasteiger partial charge is 0.288 e. The van der Waals surface area contributed by atoms with E-state index < -0.39 is 23.4 Å². The summed E-state index contributed by atoms with van der Waals surface area (Å²) in [4.78, 5) is 40.1. The summed E-state index contributed by atoms with van der Waals surface area (Å²) in [5.41, 5.74) is 1.30. The number of nitrogens with zero attached hydrogens (tertiary/aromatic N) is 2. The highest BCUT2D eigenvalue weighted by Crippen LogP contribution is 2.44. The zero-order valence-electron chi connectivity index (χ0n) is 19.2. The van der Waals surface area contributed by atoms with Crippen LogP contribution in [0.5, 0.6) is 0 Å². The third-order valence-electron chi connectivity index (χ3n) is 7.98. The van der Waals surface area contributed by atoms with E-state index in [1.54, 1.807) is 17.1 Å². The van der Waals surface area contributed by atoms with E-state index in [1.165, 1.54) is 6.08 Å². The minimum atomic E-state index is -2.91. The third-order valence-corrected chi connectivity index (χ3v) is 7.98. The second-order valence-electron chi connectivity index (χ2n) is 9.70. The van der Waals surface area contributed by atoms with E-state index in [2.05, 4.69) is 5.32 Å². The molecule has 2 atom stereocenters. The van der Waals surface area contributed by atoms with Gasteiger partial charge in [-0.1, -0.05) is 37.3 Å². The summed E-state index contributed by atoms with van der Waals surface area (Å²) in [6.45, 7) is 3.31. The Hall–Kier alpha value is -2.87. The van der Waals surface area contributed by atoms with Crippen molar-refractivity contribution in [3.8, 4) is 0 Å². The summed E-state index contributed by atoms with van der Waals surface area (Å²) >= 11 is 0. The molecule has 0 saturated carbocycles. The normalized spacial score (nSPS) is 29.4. The van der Waals surface area contributed by atoms with Gasteiger partial charge in [-0.3, -0.25) is 24.6 Å². The maximum atomic E-state index is 14.9. The number of nitrogens with one attached hydrogen (secondary N) is 1. The number of halogens is 2. The van der Waals surface area contributed by atoms with Crippen LogP contribution < -0.4 is 5.32 Å². The molecule has 2 unspecified atom stereocenters. The molecule has 0 spiro atoms. The summed E-state index contributed by atoms with van der Waals surface area (Å²) in [7, 11) is 0. The fraction of sp³-hybridized carbons (Fsp3) is 0.500. The average Bonchev–Trinajstić information content (AvgIpc) is 3.15. The molecule has 0 bridgehead atoms. The molecular formula is C26H29F2N3O3. The van der Waals surface area contributed by atoms with Gasteiger partial charge >= 0.3 is 0 Å². The number of amides is 3. The highest BCUT2D eigenvalue weighted by Gasteiger charge is 2.54. The molecule has 3 amide bonds. The standard InChI is InChI=1S/C26H29F2N3O3/c1-2-25(11-3-4-12-26(25,27)28)30-13-9-17(10-14-30)18-5-6-20-19(15-18)16-31(24(20)34)21-7-8-22(32)29-23(21)33/h3-6,11-12,15,17,21H,2,7-10,13-14,16H2,1H3,(H,29,32,33). The number of benzene rings is 1. The van der Waals surface area contributed by atoms with Crippen molar-refractivity contribution in [3.63, 3.8) is 0 Å². The van der Waals surface area contributed by atoms with Crippen LogP contribution in [0.4, 0.5) is 8.78 Å². The van der Waals surface area contributed by atoms with Gasteiger partial charge in [-0.05, 0) is 68.0 Å². The number of imide groups is 1. The highest BCUT2D eigenvalue weighted by molar-refractivity contribution is 6.05. The summed E-state index contributed by atoms with van der Waals surface area (Å²) in [6, 6.07) is 5.18. The van der Waals surface area contributed by atoms with Crippen LogP contribution >= 0.6 is 0 Å². The Morgan fingerprint density at radius 1 is 1.06 bits per heavy atom. The van der Waals surface area contributed by atoms with Crippen molar-refractivity contribution in [1.82, 2.24) is 15.1 Å². The monoisotopic (exact) mass is 469 g/mol. The van der Waals surface area contributed by atoms with Crippen LogP contribution in [0.25, 0.3) is 0 Å². The second kappa shape index (κ2) is 8.41. The quantitative estimate of drug-likeness (QED) is 0.685. The summed E-state index contributed by atoms with van der Waals surface area (Å²) in [5, 5.41) is 2.32. The van der Waals surface area contributed by atoms with Gasteiger partial charge in [0.15, 0.2) is 0 Å². The first-order valence-corrected chi connectivity index (χ1v) is 12.0. The highest BCUT2D eigenvalue weighted by atomic mass is 19.3. The Morgan fingerprint density at radius 2 is 1.79 bits per heavy atom. The fourth-order valence-corrected chi connectivity index (χ4v) is 6.00. The predicted octanol–water partition coefficient (Wildman–Crippen LogP) is 3.54. The number of allylic oxidation sites excluding steroid dienone is 2. The van der Waals surface area contributed by atoms with Crippen molar-refractivity contribution in [2.45, 2.75) is 69.0 Å². The van der Waals surface area contributed by atoms with Gasteiger partial charge in [0, 0.05) is 18.5 Å². The first-order valence-electron chi connectivity index (χ1n) is 12.0. The molecule has 0 aromatic heterocycles. The molecule has 1 aromatic rings. The molecule has 0 radical (unpaired) electrons. The zero-order valence-corrected chi connectivity index (χ0v) is 19.2. The Labute approximate surface area is 197 Å². The molecule has 4 aliphatic rings. The van der Waals surface area contributed by atoms with E-state index in [4.69, 9.17) is 0 Å². The van der Waals surface area contributed by atoms with E-state index in [1.807, 2.05) is 30.0 Å². The third kappa shape index (κ3) is 3.59. The lowest BCUT2D eigenvalue weighted by molar-refractivity contribution is -0.136. The van der Waals surface area contributed by atoms with Gasteiger partial charge in [0.05, 0.1) is 0 Å². The molecule has 1 aromatic carbocycles. The molecule has 8 heteroatoms. The predicted molar refractivity (Wildman–Crippen MR) is 122 cm³/mol. The molecule has 5 rings (SSSR count). The second-order valence-corrected chi connectivity index (χ2v) is 9.70. The minimum absolute atomic E-state index is 0.185. The molecule has 2 saturated heterocycles. The van der Waals surface area contributed by atoms with Crippen LogP contribution in [0.2, 0.25) is 0 Å². The van der Waals surface area contributed by atoms with Crippen molar-refractivity contribution in [2.75, 3.05) is 13.1 Å². The van der Waals surface area contributed by atoms with Crippen LogP contribution in [0, 0.1) is 0 Å². The van der Waals surface area contributed by atoms with Gasteiger partial charge in [-0.2, -0.15) is 8.78 Å². The SMILES string of the molecule is CCC1(N2CCC(c3ccc4c(c3)CN(C3CCC(=O)NC3=O)C4=O)CC2)C=CC=CC1(F)F. The number of carbonyl (C=O) groups is 3. The lowest BCUT2D eigenvalue weighted by Crippen LogP contribution is -2.60. The molecular weight excluding hydrogens is 440 g/mol. The van der Waals surface area contributed by atoms with E-state index in [0.29, 0.717) is 38.0 Å². The van der Waals surface area contributed by atoms with E-state index in [9.17, 15) is 23.2 Å². The zero-order chi connectivity index (χ0) is 24.1. The van der Waals surface area contributed by atoms with Crippen LogP contribution in [0.15, 0.2) is 42.5 Å². The van der Waals surface area contributed by atoms with Crippen LogP contribution in [0.3, 0.4) is 0 Å². The first-order chi connectivity index (χ1) is 16.3. The van der Waals surface area contributed by atoms with Crippen LogP contribution in [0.1, 0.15) is 66.4 Å².